The summed E-state index contributed by atoms with van der Waals surface area (Å²) in [5, 5.41) is 5.43. The minimum Gasteiger partial charge on any atom is -0.489 e. The Hall–Kier alpha value is -1.76. The van der Waals surface area contributed by atoms with Gasteiger partial charge in [0.05, 0.1) is 22.3 Å². The van der Waals surface area contributed by atoms with Gasteiger partial charge in [-0.3, -0.25) is 4.79 Å². The van der Waals surface area contributed by atoms with Gasteiger partial charge in [-0.1, -0.05) is 6.07 Å². The third-order valence-corrected chi connectivity index (χ3v) is 6.15. The van der Waals surface area contributed by atoms with E-state index in [2.05, 4.69) is 10.6 Å². The van der Waals surface area contributed by atoms with E-state index in [1.54, 1.807) is 12.1 Å². The zero-order valence-electron chi connectivity index (χ0n) is 11.6. The predicted octanol–water partition coefficient (Wildman–Crippen LogP) is 0.798. The van der Waals surface area contributed by atoms with Gasteiger partial charge in [-0.25, -0.2) is 8.42 Å². The van der Waals surface area contributed by atoms with Crippen LogP contribution in [0.1, 0.15) is 23.2 Å². The number of amides is 1. The summed E-state index contributed by atoms with van der Waals surface area (Å²) >= 11 is 0. The van der Waals surface area contributed by atoms with Gasteiger partial charge in [-0.05, 0) is 25.0 Å². The van der Waals surface area contributed by atoms with Crippen molar-refractivity contribution < 1.29 is 17.9 Å². The Bertz CT molecular complexity index is 657. The summed E-state index contributed by atoms with van der Waals surface area (Å²) in [5.74, 6) is 0.467. The first-order valence-corrected chi connectivity index (χ1v) is 8.79. The average Bonchev–Trinajstić information content (AvgIpc) is 2.83. The molecule has 1 unspecified atom stereocenters. The molecule has 1 saturated heterocycles. The SMILES string of the molecule is O=C(NCC1CCCS1(=O)=O)c1cccc2c1OCCN2. The third-order valence-electron chi connectivity index (χ3n) is 3.88. The normalized spacial score (nSPS) is 22.8. The number of nitrogens with one attached hydrogen (secondary N) is 2. The number of para-hydroxylation sites is 1. The number of carbonyl (C=O) groups is 1. The van der Waals surface area contributed by atoms with Crippen molar-refractivity contribution in [2.24, 2.45) is 0 Å². The molecule has 0 saturated carbocycles. The molecule has 1 amide bonds. The van der Waals surface area contributed by atoms with Crippen LogP contribution in [0.25, 0.3) is 0 Å². The minimum absolute atomic E-state index is 0.165. The van der Waals surface area contributed by atoms with Crippen LogP contribution in [0.2, 0.25) is 0 Å². The van der Waals surface area contributed by atoms with Crippen LogP contribution in [-0.4, -0.2) is 45.0 Å². The lowest BCUT2D eigenvalue weighted by molar-refractivity contribution is 0.0949. The van der Waals surface area contributed by atoms with Crippen LogP contribution in [0.4, 0.5) is 5.69 Å². The molecule has 1 atom stereocenters. The molecule has 0 aliphatic carbocycles. The predicted molar refractivity (Wildman–Crippen MR) is 79.6 cm³/mol. The quantitative estimate of drug-likeness (QED) is 0.862. The smallest absolute Gasteiger partial charge is 0.255 e. The highest BCUT2D eigenvalue weighted by atomic mass is 32.2. The molecule has 2 aliphatic rings. The lowest BCUT2D eigenvalue weighted by Gasteiger charge is -2.21. The van der Waals surface area contributed by atoms with E-state index in [0.717, 1.165) is 5.69 Å². The molecule has 3 rings (SSSR count). The van der Waals surface area contributed by atoms with E-state index in [9.17, 15) is 13.2 Å². The van der Waals surface area contributed by atoms with Crippen molar-refractivity contribution in [3.8, 4) is 5.75 Å². The van der Waals surface area contributed by atoms with Crippen molar-refractivity contribution in [3.63, 3.8) is 0 Å². The second-order valence-corrected chi connectivity index (χ2v) is 7.70. The van der Waals surface area contributed by atoms with E-state index in [4.69, 9.17) is 4.74 Å². The molecule has 1 aromatic rings. The number of benzene rings is 1. The molecule has 6 nitrogen and oxygen atoms in total. The minimum atomic E-state index is -3.04. The fourth-order valence-electron chi connectivity index (χ4n) is 2.74. The number of sulfone groups is 1. The first-order valence-electron chi connectivity index (χ1n) is 7.07. The molecule has 0 bridgehead atoms. The Morgan fingerprint density at radius 2 is 2.29 bits per heavy atom. The van der Waals surface area contributed by atoms with E-state index in [0.29, 0.717) is 37.3 Å². The lowest BCUT2D eigenvalue weighted by atomic mass is 10.1. The topological polar surface area (TPSA) is 84.5 Å². The molecule has 1 fully saturated rings. The number of hydrogen-bond donors (Lipinski definition) is 2. The van der Waals surface area contributed by atoms with Gasteiger partial charge in [0.25, 0.3) is 5.91 Å². The standard InChI is InChI=1S/C14H18N2O4S/c17-14(16-9-10-3-2-8-21(10,18)19)11-4-1-5-12-13(11)20-7-6-15-12/h1,4-5,10,15H,2-3,6-9H2,(H,16,17). The maximum Gasteiger partial charge on any atom is 0.255 e. The van der Waals surface area contributed by atoms with E-state index in [-0.39, 0.29) is 18.2 Å². The second kappa shape index (κ2) is 5.55. The van der Waals surface area contributed by atoms with Gasteiger partial charge in [0.15, 0.2) is 15.6 Å². The maximum atomic E-state index is 12.3. The number of hydrogen-bond acceptors (Lipinski definition) is 5. The fourth-order valence-corrected chi connectivity index (χ4v) is 4.50. The monoisotopic (exact) mass is 310 g/mol. The van der Waals surface area contributed by atoms with Crippen LogP contribution < -0.4 is 15.4 Å². The Morgan fingerprint density at radius 3 is 3.05 bits per heavy atom. The van der Waals surface area contributed by atoms with Crippen LogP contribution in [0, 0.1) is 0 Å². The van der Waals surface area contributed by atoms with Gasteiger partial charge in [0.2, 0.25) is 0 Å². The maximum absolute atomic E-state index is 12.3. The van der Waals surface area contributed by atoms with Gasteiger partial charge in [-0.15, -0.1) is 0 Å². The number of rotatable bonds is 3. The van der Waals surface area contributed by atoms with Crippen molar-refractivity contribution in [1.29, 1.82) is 0 Å². The summed E-state index contributed by atoms with van der Waals surface area (Å²) in [5.41, 5.74) is 1.23. The molecular weight excluding hydrogens is 292 g/mol. The summed E-state index contributed by atoms with van der Waals surface area (Å²) in [6.07, 6.45) is 1.30. The first-order chi connectivity index (χ1) is 10.1. The molecule has 0 spiro atoms. The molecule has 21 heavy (non-hydrogen) atoms. The molecule has 2 aliphatic heterocycles. The highest BCUT2D eigenvalue weighted by molar-refractivity contribution is 7.92. The molecule has 0 aromatic heterocycles. The fraction of sp³-hybridized carbons (Fsp3) is 0.500. The van der Waals surface area contributed by atoms with Gasteiger partial charge in [0, 0.05) is 13.1 Å². The largest absolute Gasteiger partial charge is 0.489 e. The lowest BCUT2D eigenvalue weighted by Crippen LogP contribution is -2.35. The van der Waals surface area contributed by atoms with Crippen molar-refractivity contribution in [2.45, 2.75) is 18.1 Å². The Labute approximate surface area is 123 Å². The van der Waals surface area contributed by atoms with Crippen LogP contribution in [0.15, 0.2) is 18.2 Å². The average molecular weight is 310 g/mol. The molecule has 1 aromatic carbocycles. The molecule has 7 heteroatoms. The number of carbonyl (C=O) groups excluding carboxylic acids is 1. The third kappa shape index (κ3) is 2.83. The zero-order valence-corrected chi connectivity index (χ0v) is 12.4. The number of anilines is 1. The van der Waals surface area contributed by atoms with Gasteiger partial charge < -0.3 is 15.4 Å². The molecule has 114 valence electrons. The van der Waals surface area contributed by atoms with E-state index < -0.39 is 15.1 Å². The Kier molecular flexibility index (Phi) is 3.75. The van der Waals surface area contributed by atoms with E-state index in [1.807, 2.05) is 6.07 Å². The van der Waals surface area contributed by atoms with Crippen molar-refractivity contribution in [3.05, 3.63) is 23.8 Å². The summed E-state index contributed by atoms with van der Waals surface area (Å²) in [4.78, 5) is 12.3. The van der Waals surface area contributed by atoms with Crippen LogP contribution in [-0.2, 0) is 9.84 Å². The van der Waals surface area contributed by atoms with E-state index >= 15 is 0 Å². The Morgan fingerprint density at radius 1 is 1.43 bits per heavy atom. The van der Waals surface area contributed by atoms with Crippen molar-refractivity contribution in [2.75, 3.05) is 30.8 Å². The highest BCUT2D eigenvalue weighted by Gasteiger charge is 2.31. The number of ether oxygens (including phenoxy) is 1. The van der Waals surface area contributed by atoms with Crippen LogP contribution in [0.5, 0.6) is 5.75 Å². The van der Waals surface area contributed by atoms with Gasteiger partial charge in [0.1, 0.15) is 6.61 Å². The van der Waals surface area contributed by atoms with Crippen molar-refractivity contribution in [1.82, 2.24) is 5.32 Å². The summed E-state index contributed by atoms with van der Waals surface area (Å²) in [6.45, 7) is 1.38. The van der Waals surface area contributed by atoms with Gasteiger partial charge >= 0.3 is 0 Å². The van der Waals surface area contributed by atoms with Gasteiger partial charge in [-0.2, -0.15) is 0 Å². The zero-order chi connectivity index (χ0) is 14.9. The number of fused-ring (bicyclic) bond motifs is 1. The second-order valence-electron chi connectivity index (χ2n) is 5.30. The van der Waals surface area contributed by atoms with E-state index in [1.165, 1.54) is 0 Å². The highest BCUT2D eigenvalue weighted by Crippen LogP contribution is 2.31. The molecule has 2 heterocycles. The van der Waals surface area contributed by atoms with Crippen molar-refractivity contribution >= 4 is 21.4 Å². The molecule has 2 N–H and O–H groups in total. The Balaban J connectivity index is 1.72. The summed E-state index contributed by atoms with van der Waals surface area (Å²) < 4.78 is 29.1. The first kappa shape index (κ1) is 14.2. The summed E-state index contributed by atoms with van der Waals surface area (Å²) in [7, 11) is -3.04. The molecule has 0 radical (unpaired) electrons. The van der Waals surface area contributed by atoms with Crippen LogP contribution >= 0.6 is 0 Å². The molecular formula is C14H18N2O4S. The van der Waals surface area contributed by atoms with Crippen LogP contribution in [0.3, 0.4) is 0 Å². The summed E-state index contributed by atoms with van der Waals surface area (Å²) in [6, 6.07) is 5.32.